The molecule has 52 valence electrons. The molecule has 1 fully saturated rings. The van der Waals surface area contributed by atoms with Crippen LogP contribution in [-0.2, 0) is 4.79 Å². The smallest absolute Gasteiger partial charge is 0.224 e. The number of amides is 1. The fourth-order valence-electron chi connectivity index (χ4n) is 0.917. The zero-order valence-electron chi connectivity index (χ0n) is 5.85. The van der Waals surface area contributed by atoms with Crippen LogP contribution in [0.5, 0.6) is 0 Å². The van der Waals surface area contributed by atoms with Crippen LogP contribution in [0.1, 0.15) is 13.3 Å². The van der Waals surface area contributed by atoms with Crippen LogP contribution < -0.4 is 5.32 Å². The summed E-state index contributed by atoms with van der Waals surface area (Å²) in [6.07, 6.45) is 0.854. The highest BCUT2D eigenvalue weighted by molar-refractivity contribution is 5.77. The number of hydrogen-bond donors (Lipinski definition) is 1. The van der Waals surface area contributed by atoms with E-state index in [9.17, 15) is 4.79 Å². The van der Waals surface area contributed by atoms with E-state index in [0.29, 0.717) is 6.42 Å². The van der Waals surface area contributed by atoms with E-state index in [1.807, 2.05) is 14.0 Å². The van der Waals surface area contributed by atoms with Gasteiger partial charge in [-0.15, -0.1) is 0 Å². The van der Waals surface area contributed by atoms with Crippen LogP contribution in [0.3, 0.4) is 0 Å². The molecule has 3 nitrogen and oxygen atoms in total. The Kier molecular flexibility index (Phi) is 1.71. The lowest BCUT2D eigenvalue weighted by atomic mass is 10.3. The SMILES string of the molecule is CC1NCCC(=O)N1C. The summed E-state index contributed by atoms with van der Waals surface area (Å²) >= 11 is 0. The van der Waals surface area contributed by atoms with E-state index in [2.05, 4.69) is 5.32 Å². The summed E-state index contributed by atoms with van der Waals surface area (Å²) in [5, 5.41) is 3.17. The topological polar surface area (TPSA) is 32.3 Å². The van der Waals surface area contributed by atoms with Crippen LogP contribution in [0.2, 0.25) is 0 Å². The molecule has 9 heavy (non-hydrogen) atoms. The molecule has 1 saturated heterocycles. The van der Waals surface area contributed by atoms with E-state index in [-0.39, 0.29) is 12.1 Å². The number of nitrogens with zero attached hydrogens (tertiary/aromatic N) is 1. The quantitative estimate of drug-likeness (QED) is 0.489. The highest BCUT2D eigenvalue weighted by Gasteiger charge is 2.19. The average molecular weight is 128 g/mol. The molecule has 0 radical (unpaired) electrons. The molecule has 0 aromatic heterocycles. The Hall–Kier alpha value is -0.570. The first-order chi connectivity index (χ1) is 4.22. The van der Waals surface area contributed by atoms with Gasteiger partial charge in [-0.25, -0.2) is 0 Å². The first kappa shape index (κ1) is 6.55. The average Bonchev–Trinajstić information content (AvgIpc) is 1.83. The monoisotopic (exact) mass is 128 g/mol. The standard InChI is InChI=1S/C6H12N2O/c1-5-7-4-3-6(9)8(5)2/h5,7H,3-4H2,1-2H3. The first-order valence-corrected chi connectivity index (χ1v) is 3.21. The Labute approximate surface area is 55.0 Å². The van der Waals surface area contributed by atoms with Gasteiger partial charge in [-0.3, -0.25) is 10.1 Å². The van der Waals surface area contributed by atoms with E-state index in [1.54, 1.807) is 4.90 Å². The maximum atomic E-state index is 10.9. The number of carbonyl (C=O) groups is 1. The molecule has 0 spiro atoms. The van der Waals surface area contributed by atoms with Gasteiger partial charge in [-0.05, 0) is 6.92 Å². The molecule has 0 aromatic rings. The van der Waals surface area contributed by atoms with Gasteiger partial charge in [0.05, 0.1) is 6.17 Å². The van der Waals surface area contributed by atoms with Gasteiger partial charge in [0, 0.05) is 20.0 Å². The van der Waals surface area contributed by atoms with Gasteiger partial charge < -0.3 is 4.90 Å². The van der Waals surface area contributed by atoms with E-state index in [4.69, 9.17) is 0 Å². The molecule has 1 N–H and O–H groups in total. The lowest BCUT2D eigenvalue weighted by molar-refractivity contribution is -0.134. The molecule has 1 aliphatic heterocycles. The summed E-state index contributed by atoms with van der Waals surface area (Å²) in [7, 11) is 1.82. The van der Waals surface area contributed by atoms with Crippen molar-refractivity contribution in [2.45, 2.75) is 19.5 Å². The molecule has 1 heterocycles. The Balaban J connectivity index is 2.51. The normalized spacial score (nSPS) is 28.9. The molecule has 0 saturated carbocycles. The summed E-state index contributed by atoms with van der Waals surface area (Å²) in [5.74, 6) is 0.237. The van der Waals surface area contributed by atoms with E-state index < -0.39 is 0 Å². The molecule has 1 unspecified atom stereocenters. The van der Waals surface area contributed by atoms with Crippen molar-refractivity contribution in [2.75, 3.05) is 13.6 Å². The molecule has 0 aliphatic carbocycles. The van der Waals surface area contributed by atoms with Gasteiger partial charge in [-0.1, -0.05) is 0 Å². The third kappa shape index (κ3) is 1.21. The predicted molar refractivity (Wildman–Crippen MR) is 34.9 cm³/mol. The molecular formula is C6H12N2O. The van der Waals surface area contributed by atoms with Crippen LogP contribution in [0.15, 0.2) is 0 Å². The number of hydrogen-bond acceptors (Lipinski definition) is 2. The first-order valence-electron chi connectivity index (χ1n) is 3.21. The Morgan fingerprint density at radius 3 is 2.89 bits per heavy atom. The van der Waals surface area contributed by atoms with Crippen LogP contribution in [0.4, 0.5) is 0 Å². The zero-order valence-corrected chi connectivity index (χ0v) is 5.85. The number of nitrogens with one attached hydrogen (secondary N) is 1. The van der Waals surface area contributed by atoms with Gasteiger partial charge in [0.2, 0.25) is 5.91 Å². The second kappa shape index (κ2) is 2.35. The minimum Gasteiger partial charge on any atom is -0.330 e. The second-order valence-electron chi connectivity index (χ2n) is 2.38. The van der Waals surface area contributed by atoms with Crippen molar-refractivity contribution in [3.63, 3.8) is 0 Å². The molecule has 0 aromatic carbocycles. The summed E-state index contributed by atoms with van der Waals surface area (Å²) < 4.78 is 0. The molecule has 1 rings (SSSR count). The minimum absolute atomic E-state index is 0.214. The molecule has 0 bridgehead atoms. The molecule has 1 aliphatic rings. The van der Waals surface area contributed by atoms with Crippen molar-refractivity contribution in [1.29, 1.82) is 0 Å². The summed E-state index contributed by atoms with van der Waals surface area (Å²) in [4.78, 5) is 12.6. The third-order valence-corrected chi connectivity index (χ3v) is 1.75. The maximum absolute atomic E-state index is 10.9. The van der Waals surface area contributed by atoms with Crippen LogP contribution in [0, 0.1) is 0 Å². The summed E-state index contributed by atoms with van der Waals surface area (Å²) in [6.45, 7) is 2.81. The summed E-state index contributed by atoms with van der Waals surface area (Å²) in [5.41, 5.74) is 0. The van der Waals surface area contributed by atoms with E-state index >= 15 is 0 Å². The second-order valence-corrected chi connectivity index (χ2v) is 2.38. The predicted octanol–water partition coefficient (Wildman–Crippen LogP) is -0.216. The van der Waals surface area contributed by atoms with Crippen molar-refractivity contribution in [2.24, 2.45) is 0 Å². The van der Waals surface area contributed by atoms with Crippen molar-refractivity contribution >= 4 is 5.91 Å². The zero-order chi connectivity index (χ0) is 6.85. The van der Waals surface area contributed by atoms with Gasteiger partial charge in [0.25, 0.3) is 0 Å². The third-order valence-electron chi connectivity index (χ3n) is 1.75. The highest BCUT2D eigenvalue weighted by atomic mass is 16.2. The Bertz CT molecular complexity index is 124. The van der Waals surface area contributed by atoms with E-state index in [1.165, 1.54) is 0 Å². The Morgan fingerprint density at radius 2 is 2.44 bits per heavy atom. The van der Waals surface area contributed by atoms with Crippen molar-refractivity contribution in [3.05, 3.63) is 0 Å². The van der Waals surface area contributed by atoms with E-state index in [0.717, 1.165) is 6.54 Å². The minimum atomic E-state index is 0.214. The van der Waals surface area contributed by atoms with Crippen molar-refractivity contribution in [3.8, 4) is 0 Å². The van der Waals surface area contributed by atoms with Crippen LogP contribution >= 0.6 is 0 Å². The van der Waals surface area contributed by atoms with Crippen LogP contribution in [0.25, 0.3) is 0 Å². The van der Waals surface area contributed by atoms with Crippen molar-refractivity contribution in [1.82, 2.24) is 10.2 Å². The summed E-state index contributed by atoms with van der Waals surface area (Å²) in [6, 6.07) is 0. The number of carbonyl (C=O) groups excluding carboxylic acids is 1. The van der Waals surface area contributed by atoms with Crippen molar-refractivity contribution < 1.29 is 4.79 Å². The van der Waals surface area contributed by atoms with Gasteiger partial charge in [0.1, 0.15) is 0 Å². The maximum Gasteiger partial charge on any atom is 0.224 e. The Morgan fingerprint density at radius 1 is 1.78 bits per heavy atom. The fraction of sp³-hybridized carbons (Fsp3) is 0.833. The molecule has 1 amide bonds. The molecular weight excluding hydrogens is 116 g/mol. The van der Waals surface area contributed by atoms with Gasteiger partial charge in [0.15, 0.2) is 0 Å². The highest BCUT2D eigenvalue weighted by Crippen LogP contribution is 2.00. The lowest BCUT2D eigenvalue weighted by Crippen LogP contribution is -2.50. The van der Waals surface area contributed by atoms with Gasteiger partial charge in [-0.2, -0.15) is 0 Å². The van der Waals surface area contributed by atoms with Crippen LogP contribution in [-0.4, -0.2) is 30.6 Å². The largest absolute Gasteiger partial charge is 0.330 e. The van der Waals surface area contributed by atoms with Gasteiger partial charge >= 0.3 is 0 Å². The fourth-order valence-corrected chi connectivity index (χ4v) is 0.917. The molecule has 3 heteroatoms. The lowest BCUT2D eigenvalue weighted by Gasteiger charge is -2.30. The molecule has 1 atom stereocenters. The number of rotatable bonds is 0.